The molecular weight excluding hydrogens is 748 g/mol. The Morgan fingerprint density at radius 3 is 2.24 bits per heavy atom. The van der Waals surface area contributed by atoms with Gasteiger partial charge in [0.15, 0.2) is 0 Å². The van der Waals surface area contributed by atoms with Gasteiger partial charge in [0.05, 0.1) is 6.10 Å². The SMILES string of the molecule is CC1(N2CCN(C3CC4CC(Oc5ccc([C@@H]6c7ccc(O)cc7CC[C@@H]6c6ccc(F)cc6)cc5)C[C@H]4C3)CC2)C=CC2=C(C1)C(=O)N(C1CCC(=O)NC1=O)C2=O. The van der Waals surface area contributed by atoms with E-state index < -0.39 is 29.3 Å². The minimum Gasteiger partial charge on any atom is -0.508 e. The first-order chi connectivity index (χ1) is 28.5. The molecule has 3 aromatic rings. The van der Waals surface area contributed by atoms with E-state index in [-0.39, 0.29) is 48.3 Å². The Labute approximate surface area is 344 Å². The van der Waals surface area contributed by atoms with Crippen molar-refractivity contribution in [3.05, 3.63) is 118 Å². The highest BCUT2D eigenvalue weighted by atomic mass is 19.1. The van der Waals surface area contributed by atoms with Crippen molar-refractivity contribution >= 4 is 23.6 Å². The Hall–Kier alpha value is -5.13. The molecule has 4 fully saturated rings. The van der Waals surface area contributed by atoms with E-state index in [1.54, 1.807) is 24.3 Å². The summed E-state index contributed by atoms with van der Waals surface area (Å²) in [4.78, 5) is 57.3. The van der Waals surface area contributed by atoms with E-state index >= 15 is 0 Å². The Bertz CT molecular complexity index is 2250. The highest BCUT2D eigenvalue weighted by Crippen LogP contribution is 2.49. The molecule has 2 saturated heterocycles. The number of carbonyl (C=O) groups is 4. The maximum Gasteiger partial charge on any atom is 0.261 e. The summed E-state index contributed by atoms with van der Waals surface area (Å²) in [5, 5.41) is 12.5. The number of hydrogen-bond donors (Lipinski definition) is 2. The second kappa shape index (κ2) is 14.9. The number of aromatic hydroxyl groups is 1. The number of nitrogens with one attached hydrogen (secondary N) is 1. The van der Waals surface area contributed by atoms with Gasteiger partial charge in [0.25, 0.3) is 11.8 Å². The fourth-order valence-electron chi connectivity index (χ4n) is 11.8. The van der Waals surface area contributed by atoms with Crippen LogP contribution < -0.4 is 10.1 Å². The third-order valence-corrected chi connectivity index (χ3v) is 14.8. The number of halogens is 1. The van der Waals surface area contributed by atoms with Crippen LogP contribution >= 0.6 is 0 Å². The van der Waals surface area contributed by atoms with Gasteiger partial charge >= 0.3 is 0 Å². The van der Waals surface area contributed by atoms with E-state index in [1.165, 1.54) is 29.5 Å². The van der Waals surface area contributed by atoms with Gasteiger partial charge in [-0.3, -0.25) is 39.2 Å². The molecule has 11 heteroatoms. The molecule has 8 atom stereocenters. The molecule has 0 aromatic heterocycles. The molecule has 2 saturated carbocycles. The highest BCUT2D eigenvalue weighted by molar-refractivity contribution is 6.23. The minimum absolute atomic E-state index is 0.0933. The average molecular weight is 799 g/mol. The smallest absolute Gasteiger partial charge is 0.261 e. The van der Waals surface area contributed by atoms with Gasteiger partial charge in [0, 0.05) is 67.7 Å². The van der Waals surface area contributed by atoms with E-state index in [4.69, 9.17) is 4.74 Å². The van der Waals surface area contributed by atoms with E-state index in [0.717, 1.165) is 68.1 Å². The van der Waals surface area contributed by atoms with Gasteiger partial charge < -0.3 is 9.84 Å². The molecule has 3 heterocycles. The molecule has 3 aliphatic heterocycles. The molecule has 0 radical (unpaired) electrons. The van der Waals surface area contributed by atoms with Crippen molar-refractivity contribution < 1.29 is 33.4 Å². The van der Waals surface area contributed by atoms with Crippen molar-refractivity contribution in [2.75, 3.05) is 26.2 Å². The lowest BCUT2D eigenvalue weighted by atomic mass is 9.69. The monoisotopic (exact) mass is 798 g/mol. The summed E-state index contributed by atoms with van der Waals surface area (Å²) in [6, 6.07) is 20.8. The molecule has 2 N–H and O–H groups in total. The fraction of sp³-hybridized carbons (Fsp3) is 0.458. The largest absolute Gasteiger partial charge is 0.508 e. The number of piperidine rings is 1. The van der Waals surface area contributed by atoms with Gasteiger partial charge in [0.1, 0.15) is 23.4 Å². The maximum absolute atomic E-state index is 13.9. The lowest BCUT2D eigenvalue weighted by molar-refractivity contribution is -0.150. The third kappa shape index (κ3) is 6.89. The van der Waals surface area contributed by atoms with Crippen LogP contribution in [0.4, 0.5) is 4.39 Å². The number of hydrogen-bond acceptors (Lipinski definition) is 8. The van der Waals surface area contributed by atoms with Gasteiger partial charge in [0.2, 0.25) is 11.8 Å². The first kappa shape index (κ1) is 38.1. The molecule has 0 bridgehead atoms. The Kier molecular flexibility index (Phi) is 9.59. The summed E-state index contributed by atoms with van der Waals surface area (Å²) in [5.41, 5.74) is 5.13. The summed E-state index contributed by atoms with van der Waals surface area (Å²) >= 11 is 0. The van der Waals surface area contributed by atoms with Crippen LogP contribution in [0.2, 0.25) is 0 Å². The number of imide groups is 2. The zero-order valence-corrected chi connectivity index (χ0v) is 33.4. The van der Waals surface area contributed by atoms with Gasteiger partial charge in [-0.1, -0.05) is 42.5 Å². The third-order valence-electron chi connectivity index (χ3n) is 14.8. The molecule has 7 aliphatic rings. The van der Waals surface area contributed by atoms with Crippen molar-refractivity contribution in [3.63, 3.8) is 0 Å². The van der Waals surface area contributed by atoms with E-state index in [2.05, 4.69) is 52.4 Å². The zero-order valence-electron chi connectivity index (χ0n) is 33.4. The number of piperazine rings is 1. The van der Waals surface area contributed by atoms with Crippen molar-refractivity contribution in [1.29, 1.82) is 0 Å². The number of benzene rings is 3. The number of fused-ring (bicyclic) bond motifs is 2. The zero-order chi connectivity index (χ0) is 40.6. The van der Waals surface area contributed by atoms with Gasteiger partial charge in [-0.15, -0.1) is 0 Å². The predicted octanol–water partition coefficient (Wildman–Crippen LogP) is 6.14. The summed E-state index contributed by atoms with van der Waals surface area (Å²) in [5.74, 6) is 0.733. The number of phenolic OH excluding ortho intramolecular Hbond substituents is 1. The molecule has 4 aliphatic carbocycles. The van der Waals surface area contributed by atoms with E-state index in [0.29, 0.717) is 35.4 Å². The number of ether oxygens (including phenoxy) is 1. The van der Waals surface area contributed by atoms with Crippen LogP contribution in [0.15, 0.2) is 90.0 Å². The van der Waals surface area contributed by atoms with Gasteiger partial charge in [-0.05, 0) is 128 Å². The predicted molar refractivity (Wildman–Crippen MR) is 218 cm³/mol. The number of phenols is 1. The number of rotatable bonds is 7. The number of carbonyl (C=O) groups excluding carboxylic acids is 4. The quantitative estimate of drug-likeness (QED) is 0.274. The molecule has 10 nitrogen and oxygen atoms in total. The van der Waals surface area contributed by atoms with Crippen LogP contribution in [-0.2, 0) is 25.6 Å². The van der Waals surface area contributed by atoms with Crippen molar-refractivity contribution in [2.45, 2.75) is 100 Å². The standard InChI is InChI=1S/C48H51FN4O6/c1-48(17-16-40-41(27-48)47(58)53(46(40)57)42-14-15-43(55)50-45(42)56)52-20-18-51(19-21-52)34-22-31-25-37(26-32(31)23-34)59-36-10-4-29(5-11-36)44-38(28-2-7-33(49)8-3-28)12-6-30-24-35(54)9-13-39(30)44/h2-5,7-11,13,16-17,24,31-32,34,37-38,42,44,54H,6,12,14-15,18-23,25-27H2,1H3,(H,50,55,56)/t31-,32?,34?,37?,38-,42?,44+,48?/m1/s1. The van der Waals surface area contributed by atoms with E-state index in [9.17, 15) is 28.7 Å². The molecule has 306 valence electrons. The first-order valence-electron chi connectivity index (χ1n) is 21.5. The Balaban J connectivity index is 0.729. The number of amides is 4. The molecule has 4 amide bonds. The van der Waals surface area contributed by atoms with Crippen molar-refractivity contribution in [2.24, 2.45) is 11.8 Å². The molecular formula is C48H51FN4O6. The van der Waals surface area contributed by atoms with Crippen molar-refractivity contribution in [3.8, 4) is 11.5 Å². The topological polar surface area (TPSA) is 119 Å². The van der Waals surface area contributed by atoms with Gasteiger partial charge in [-0.25, -0.2) is 4.39 Å². The highest BCUT2D eigenvalue weighted by Gasteiger charge is 2.50. The first-order valence-corrected chi connectivity index (χ1v) is 21.5. The van der Waals surface area contributed by atoms with Gasteiger partial charge in [-0.2, -0.15) is 0 Å². The average Bonchev–Trinajstić information content (AvgIpc) is 3.88. The normalized spacial score (nSPS) is 32.3. The molecule has 0 spiro atoms. The lowest BCUT2D eigenvalue weighted by Crippen LogP contribution is -2.57. The molecule has 59 heavy (non-hydrogen) atoms. The van der Waals surface area contributed by atoms with Crippen LogP contribution in [0, 0.1) is 17.7 Å². The Morgan fingerprint density at radius 2 is 1.53 bits per heavy atom. The maximum atomic E-state index is 13.9. The summed E-state index contributed by atoms with van der Waals surface area (Å²) in [7, 11) is 0. The number of aryl methyl sites for hydroxylation is 1. The van der Waals surface area contributed by atoms with Crippen LogP contribution in [0.25, 0.3) is 0 Å². The van der Waals surface area contributed by atoms with Crippen molar-refractivity contribution in [1.82, 2.24) is 20.0 Å². The van der Waals surface area contributed by atoms with E-state index in [1.807, 2.05) is 24.3 Å². The fourth-order valence-corrected chi connectivity index (χ4v) is 11.8. The molecule has 3 aromatic carbocycles. The summed E-state index contributed by atoms with van der Waals surface area (Å²) < 4.78 is 20.5. The van der Waals surface area contributed by atoms with Crippen LogP contribution in [0.5, 0.6) is 11.5 Å². The summed E-state index contributed by atoms with van der Waals surface area (Å²) in [6.45, 7) is 5.78. The minimum atomic E-state index is -0.950. The lowest BCUT2D eigenvalue weighted by Gasteiger charge is -2.47. The van der Waals surface area contributed by atoms with Crippen LogP contribution in [0.3, 0.4) is 0 Å². The number of nitrogens with zero attached hydrogens (tertiary/aromatic N) is 3. The molecule has 5 unspecified atom stereocenters. The van der Waals surface area contributed by atoms with Crippen LogP contribution in [-0.4, -0.2) is 93.3 Å². The summed E-state index contributed by atoms with van der Waals surface area (Å²) in [6.07, 6.45) is 11.0. The second-order valence-electron chi connectivity index (χ2n) is 18.2. The Morgan fingerprint density at radius 1 is 0.814 bits per heavy atom. The molecule has 10 rings (SSSR count). The second-order valence-corrected chi connectivity index (χ2v) is 18.2. The van der Waals surface area contributed by atoms with Crippen LogP contribution in [0.1, 0.15) is 92.4 Å².